The predicted molar refractivity (Wildman–Crippen MR) is 100 cm³/mol. The number of benzene rings is 2. The second-order valence-electron chi connectivity index (χ2n) is 6.53. The summed E-state index contributed by atoms with van der Waals surface area (Å²) in [6.45, 7) is 2.50. The maximum atomic E-state index is 13.0. The summed E-state index contributed by atoms with van der Waals surface area (Å²) in [7, 11) is 0. The number of halogens is 1. The Hall–Kier alpha value is -3.35. The largest absolute Gasteiger partial charge is 0.349 e. The van der Waals surface area contributed by atoms with Gasteiger partial charge in [0, 0.05) is 6.54 Å². The van der Waals surface area contributed by atoms with Crippen LogP contribution in [0.15, 0.2) is 52.1 Å². The van der Waals surface area contributed by atoms with Gasteiger partial charge in [-0.15, -0.1) is 0 Å². The van der Waals surface area contributed by atoms with Gasteiger partial charge >= 0.3 is 5.69 Å². The van der Waals surface area contributed by atoms with Crippen molar-refractivity contribution in [2.24, 2.45) is 0 Å². The number of nitrogens with one attached hydrogen (secondary N) is 1. The SMILES string of the molecule is Cc1ccc2c(c1)nc1c(=O)[nH]c(=O)nc-1n2CCCc1ccc(F)cc1. The van der Waals surface area contributed by atoms with E-state index in [0.717, 1.165) is 29.5 Å². The number of H-pyrrole nitrogens is 1. The van der Waals surface area contributed by atoms with Gasteiger partial charge in [0.1, 0.15) is 5.82 Å². The molecule has 2 aliphatic rings. The normalized spacial score (nSPS) is 11.3. The summed E-state index contributed by atoms with van der Waals surface area (Å²) in [4.78, 5) is 34.5. The van der Waals surface area contributed by atoms with Crippen LogP contribution in [0.5, 0.6) is 0 Å². The van der Waals surface area contributed by atoms with Crippen molar-refractivity contribution in [3.63, 3.8) is 0 Å². The minimum atomic E-state index is -0.687. The molecule has 2 aromatic carbocycles. The first-order valence-corrected chi connectivity index (χ1v) is 8.67. The highest BCUT2D eigenvalue weighted by atomic mass is 19.1. The highest BCUT2D eigenvalue weighted by molar-refractivity contribution is 5.79. The lowest BCUT2D eigenvalue weighted by atomic mass is 10.1. The van der Waals surface area contributed by atoms with E-state index in [1.807, 2.05) is 29.7 Å². The van der Waals surface area contributed by atoms with E-state index in [0.29, 0.717) is 12.1 Å². The van der Waals surface area contributed by atoms with Crippen LogP contribution in [-0.2, 0) is 13.0 Å². The van der Waals surface area contributed by atoms with Gasteiger partial charge in [-0.1, -0.05) is 18.2 Å². The summed E-state index contributed by atoms with van der Waals surface area (Å²) in [6.07, 6.45) is 1.47. The van der Waals surface area contributed by atoms with E-state index in [2.05, 4.69) is 15.0 Å². The summed E-state index contributed by atoms with van der Waals surface area (Å²) in [5, 5.41) is 0. The van der Waals surface area contributed by atoms with E-state index >= 15 is 0 Å². The zero-order chi connectivity index (χ0) is 19.0. The average molecular weight is 364 g/mol. The van der Waals surface area contributed by atoms with Gasteiger partial charge in [-0.25, -0.2) is 14.2 Å². The van der Waals surface area contributed by atoms with Gasteiger partial charge in [0.25, 0.3) is 5.56 Å². The van der Waals surface area contributed by atoms with Gasteiger partial charge in [-0.05, 0) is 55.2 Å². The van der Waals surface area contributed by atoms with E-state index in [1.54, 1.807) is 12.1 Å². The molecule has 0 saturated carbocycles. The number of aromatic amines is 1. The lowest BCUT2D eigenvalue weighted by Gasteiger charge is -2.17. The predicted octanol–water partition coefficient (Wildman–Crippen LogP) is 2.66. The molecule has 136 valence electrons. The van der Waals surface area contributed by atoms with Crippen molar-refractivity contribution in [2.45, 2.75) is 26.3 Å². The van der Waals surface area contributed by atoms with Crippen molar-refractivity contribution in [2.75, 3.05) is 0 Å². The quantitative estimate of drug-likeness (QED) is 0.565. The minimum Gasteiger partial charge on any atom is -0.322 e. The number of fused-ring (bicyclic) bond motifs is 2. The molecule has 27 heavy (non-hydrogen) atoms. The number of aryl methyl sites for hydroxylation is 3. The van der Waals surface area contributed by atoms with E-state index in [4.69, 9.17) is 0 Å². The van der Waals surface area contributed by atoms with Crippen molar-refractivity contribution in [1.29, 1.82) is 0 Å². The summed E-state index contributed by atoms with van der Waals surface area (Å²) < 4.78 is 14.9. The average Bonchev–Trinajstić information content (AvgIpc) is 2.63. The molecule has 0 atom stereocenters. The second-order valence-corrected chi connectivity index (χ2v) is 6.53. The molecule has 0 aliphatic carbocycles. The number of rotatable bonds is 4. The Labute approximate surface area is 153 Å². The van der Waals surface area contributed by atoms with Crippen LogP contribution >= 0.6 is 0 Å². The van der Waals surface area contributed by atoms with Gasteiger partial charge < -0.3 is 4.57 Å². The Bertz CT molecular complexity index is 1210. The second kappa shape index (κ2) is 6.75. The molecule has 2 heterocycles. The lowest BCUT2D eigenvalue weighted by Crippen LogP contribution is -2.29. The lowest BCUT2D eigenvalue weighted by molar-refractivity contribution is 0.624. The molecule has 4 rings (SSSR count). The topological polar surface area (TPSA) is 80.6 Å². The Morgan fingerprint density at radius 1 is 1.07 bits per heavy atom. The van der Waals surface area contributed by atoms with Crippen LogP contribution in [0.25, 0.3) is 22.6 Å². The van der Waals surface area contributed by atoms with Crippen LogP contribution in [0.1, 0.15) is 17.5 Å². The van der Waals surface area contributed by atoms with E-state index in [-0.39, 0.29) is 17.3 Å². The van der Waals surface area contributed by atoms with Gasteiger partial charge in [0.15, 0.2) is 11.5 Å². The monoisotopic (exact) mass is 364 g/mol. The van der Waals surface area contributed by atoms with Crippen LogP contribution in [-0.4, -0.2) is 19.5 Å². The fourth-order valence-electron chi connectivity index (χ4n) is 3.23. The molecule has 0 radical (unpaired) electrons. The third-order valence-electron chi connectivity index (χ3n) is 4.52. The molecule has 0 fully saturated rings. The molecule has 1 N–H and O–H groups in total. The highest BCUT2D eigenvalue weighted by Crippen LogP contribution is 2.22. The molecular formula is C20H17FN4O2. The Kier molecular flexibility index (Phi) is 4.27. The van der Waals surface area contributed by atoms with Gasteiger partial charge in [-0.2, -0.15) is 4.98 Å². The number of hydrogen-bond acceptors (Lipinski definition) is 4. The molecular weight excluding hydrogens is 347 g/mol. The summed E-state index contributed by atoms with van der Waals surface area (Å²) in [6, 6.07) is 12.2. The van der Waals surface area contributed by atoms with Crippen molar-refractivity contribution in [3.05, 3.63) is 80.2 Å². The van der Waals surface area contributed by atoms with Crippen LogP contribution < -0.4 is 11.2 Å². The first-order valence-electron chi connectivity index (χ1n) is 8.67. The van der Waals surface area contributed by atoms with Crippen molar-refractivity contribution in [1.82, 2.24) is 19.5 Å². The molecule has 0 unspecified atom stereocenters. The summed E-state index contributed by atoms with van der Waals surface area (Å²) in [5.41, 5.74) is 2.45. The van der Waals surface area contributed by atoms with Crippen molar-refractivity contribution >= 4 is 11.0 Å². The zero-order valence-corrected chi connectivity index (χ0v) is 14.7. The molecule has 0 amide bonds. The van der Waals surface area contributed by atoms with Crippen LogP contribution in [0.3, 0.4) is 0 Å². The minimum absolute atomic E-state index is 0.148. The first-order chi connectivity index (χ1) is 13.0. The molecule has 0 bridgehead atoms. The molecule has 7 heteroatoms. The van der Waals surface area contributed by atoms with Crippen molar-refractivity contribution < 1.29 is 4.39 Å². The molecule has 0 aromatic heterocycles. The first kappa shape index (κ1) is 17.1. The van der Waals surface area contributed by atoms with Gasteiger partial charge in [0.2, 0.25) is 0 Å². The molecule has 6 nitrogen and oxygen atoms in total. The Morgan fingerprint density at radius 2 is 1.85 bits per heavy atom. The molecule has 2 aliphatic heterocycles. The molecule has 2 aromatic rings. The molecule has 0 spiro atoms. The van der Waals surface area contributed by atoms with E-state index in [9.17, 15) is 14.0 Å². The Balaban J connectivity index is 1.77. The smallest absolute Gasteiger partial charge is 0.322 e. The number of aromatic nitrogens is 4. The van der Waals surface area contributed by atoms with E-state index < -0.39 is 11.2 Å². The fourth-order valence-corrected chi connectivity index (χ4v) is 3.23. The highest BCUT2D eigenvalue weighted by Gasteiger charge is 2.18. The molecule has 0 saturated heterocycles. The third kappa shape index (κ3) is 3.36. The van der Waals surface area contributed by atoms with E-state index in [1.165, 1.54) is 12.1 Å². The third-order valence-corrected chi connectivity index (χ3v) is 4.52. The number of hydrogen-bond donors (Lipinski definition) is 1. The van der Waals surface area contributed by atoms with Crippen molar-refractivity contribution in [3.8, 4) is 11.5 Å². The Morgan fingerprint density at radius 3 is 2.63 bits per heavy atom. The van der Waals surface area contributed by atoms with Gasteiger partial charge in [0.05, 0.1) is 11.0 Å². The van der Waals surface area contributed by atoms with Crippen LogP contribution in [0, 0.1) is 12.7 Å². The maximum absolute atomic E-state index is 13.0. The maximum Gasteiger partial charge on any atom is 0.349 e. The summed E-state index contributed by atoms with van der Waals surface area (Å²) in [5.74, 6) is 0.0141. The number of nitrogens with zero attached hydrogens (tertiary/aromatic N) is 3. The van der Waals surface area contributed by atoms with Crippen LogP contribution in [0.2, 0.25) is 0 Å². The van der Waals surface area contributed by atoms with Crippen LogP contribution in [0.4, 0.5) is 4.39 Å². The van der Waals surface area contributed by atoms with Gasteiger partial charge in [-0.3, -0.25) is 9.78 Å². The zero-order valence-electron chi connectivity index (χ0n) is 14.7. The fraction of sp³-hybridized carbons (Fsp3) is 0.200. The standard InChI is InChI=1S/C20H17FN4O2/c1-12-4-9-16-15(11-12)22-17-18(23-20(27)24-19(17)26)25(16)10-2-3-13-5-7-14(21)8-6-13/h4-9,11H,2-3,10H2,1H3,(H,24,26,27). The summed E-state index contributed by atoms with van der Waals surface area (Å²) >= 11 is 0.